The van der Waals surface area contributed by atoms with Crippen LogP contribution in [-0.4, -0.2) is 36.2 Å². The van der Waals surface area contributed by atoms with Gasteiger partial charge >= 0.3 is 0 Å². The number of para-hydroxylation sites is 3. The van der Waals surface area contributed by atoms with Gasteiger partial charge in [-0.2, -0.15) is 0 Å². The molecule has 1 N–H and O–H groups in total. The molecule has 3 aromatic rings. The molecule has 6 rings (SSSR count). The monoisotopic (exact) mass is 567 g/mol. The Bertz CT molecular complexity index is 1530. The first-order chi connectivity index (χ1) is 20.2. The molecule has 1 aliphatic carbocycles. The number of fused-ring (bicyclic) bond motifs is 1. The van der Waals surface area contributed by atoms with Gasteiger partial charge in [-0.1, -0.05) is 57.2 Å². The van der Waals surface area contributed by atoms with Crippen molar-refractivity contribution in [2.24, 2.45) is 11.3 Å². The summed E-state index contributed by atoms with van der Waals surface area (Å²) in [6, 6.07) is 21.1. The first kappa shape index (κ1) is 28.0. The van der Waals surface area contributed by atoms with E-state index >= 15 is 4.39 Å². The largest absolute Gasteiger partial charge is 0.454 e. The minimum absolute atomic E-state index is 0.0249. The zero-order valence-electron chi connectivity index (χ0n) is 24.5. The molecule has 1 amide bonds. The van der Waals surface area contributed by atoms with Crippen molar-refractivity contribution in [3.63, 3.8) is 0 Å². The van der Waals surface area contributed by atoms with E-state index in [0.29, 0.717) is 35.6 Å². The lowest BCUT2D eigenvalue weighted by Gasteiger charge is -2.39. The molecule has 3 aromatic carbocycles. The van der Waals surface area contributed by atoms with Crippen LogP contribution in [0.25, 0.3) is 0 Å². The number of carbonyl (C=O) groups excluding carboxylic acids is 2. The molecule has 1 saturated heterocycles. The Morgan fingerprint density at radius 1 is 1.05 bits per heavy atom. The molecule has 3 aliphatic rings. The number of halogens is 1. The van der Waals surface area contributed by atoms with Crippen LogP contribution in [0.4, 0.5) is 15.8 Å². The molecule has 1 fully saturated rings. The molecular weight excluding hydrogens is 529 g/mol. The van der Waals surface area contributed by atoms with Gasteiger partial charge in [-0.05, 0) is 72.6 Å². The Hall–Kier alpha value is -4.13. The lowest BCUT2D eigenvalue weighted by molar-refractivity contribution is -0.131. The highest BCUT2D eigenvalue weighted by Gasteiger charge is 2.42. The van der Waals surface area contributed by atoms with Crippen molar-refractivity contribution >= 4 is 23.1 Å². The molecule has 0 spiro atoms. The average Bonchev–Trinajstić information content (AvgIpc) is 3.08. The van der Waals surface area contributed by atoms with Crippen molar-refractivity contribution in [1.82, 2.24) is 4.90 Å². The summed E-state index contributed by atoms with van der Waals surface area (Å²) in [7, 11) is 0. The van der Waals surface area contributed by atoms with Gasteiger partial charge in [0.2, 0.25) is 5.91 Å². The molecule has 0 aromatic heterocycles. The number of nitrogens with one attached hydrogen (secondary N) is 1. The molecule has 0 bridgehead atoms. The first-order valence-electron chi connectivity index (χ1n) is 14.9. The smallest absolute Gasteiger partial charge is 0.242 e. The van der Waals surface area contributed by atoms with E-state index in [2.05, 4.69) is 26.1 Å². The number of rotatable bonds is 5. The van der Waals surface area contributed by atoms with Gasteiger partial charge in [0.25, 0.3) is 0 Å². The third-order valence-electron chi connectivity index (χ3n) is 8.56. The van der Waals surface area contributed by atoms with Gasteiger partial charge < -0.3 is 19.9 Å². The maximum Gasteiger partial charge on any atom is 0.242 e. The van der Waals surface area contributed by atoms with Crippen LogP contribution in [-0.2, 0) is 9.59 Å². The third kappa shape index (κ3) is 5.65. The number of piperidine rings is 1. The van der Waals surface area contributed by atoms with Crippen LogP contribution < -0.4 is 15.0 Å². The second-order valence-electron chi connectivity index (χ2n) is 12.7. The average molecular weight is 568 g/mol. The molecule has 2 heterocycles. The second-order valence-corrected chi connectivity index (χ2v) is 12.7. The number of anilines is 2. The molecule has 2 atom stereocenters. The van der Waals surface area contributed by atoms with Crippen molar-refractivity contribution in [2.45, 2.75) is 52.5 Å². The van der Waals surface area contributed by atoms with Gasteiger partial charge in [0.1, 0.15) is 5.75 Å². The summed E-state index contributed by atoms with van der Waals surface area (Å²) in [5.74, 6) is 0.601. The van der Waals surface area contributed by atoms with Crippen LogP contribution in [0, 0.1) is 17.2 Å². The summed E-state index contributed by atoms with van der Waals surface area (Å²) in [6.45, 7) is 7.93. The quantitative estimate of drug-likeness (QED) is 0.346. The Morgan fingerprint density at radius 3 is 2.60 bits per heavy atom. The van der Waals surface area contributed by atoms with Crippen molar-refractivity contribution in [3.8, 4) is 11.5 Å². The molecule has 218 valence electrons. The number of ether oxygens (including phenoxy) is 1. The van der Waals surface area contributed by atoms with Crippen LogP contribution in [0.5, 0.6) is 11.5 Å². The van der Waals surface area contributed by atoms with Gasteiger partial charge in [0.15, 0.2) is 17.3 Å². The molecule has 0 saturated carbocycles. The topological polar surface area (TPSA) is 61.9 Å². The minimum atomic E-state index is -0.607. The highest BCUT2D eigenvalue weighted by molar-refractivity contribution is 6.02. The Morgan fingerprint density at radius 2 is 1.81 bits per heavy atom. The number of hydrogen-bond donors (Lipinski definition) is 1. The Labute approximate surface area is 247 Å². The zero-order chi connectivity index (χ0) is 29.4. The van der Waals surface area contributed by atoms with Gasteiger partial charge in [-0.3, -0.25) is 9.59 Å². The van der Waals surface area contributed by atoms with E-state index in [1.807, 2.05) is 52.3 Å². The van der Waals surface area contributed by atoms with Gasteiger partial charge in [0, 0.05) is 30.8 Å². The number of allylic oxidation sites excluding steroid dienone is 1. The summed E-state index contributed by atoms with van der Waals surface area (Å²) < 4.78 is 21.1. The number of hydrogen-bond acceptors (Lipinski definition) is 5. The maximum absolute atomic E-state index is 15.1. The standard InChI is InChI=1S/C35H38FN3O3/c1-23-10-9-17-38(21-23)32(41)22-39-29-14-8-7-13-27(29)37-28-19-35(2,3)20-30(40)33(28)34(39)24-15-16-26(36)31(18-24)42-25-11-5-4-6-12-25/h4-8,11-16,18,23,34,37H,9-10,17,19-22H2,1-3H3. The highest BCUT2D eigenvalue weighted by atomic mass is 19.1. The Balaban J connectivity index is 1.49. The summed E-state index contributed by atoms with van der Waals surface area (Å²) in [5, 5.41) is 3.59. The van der Waals surface area contributed by atoms with E-state index in [1.54, 1.807) is 24.3 Å². The fourth-order valence-electron chi connectivity index (χ4n) is 6.62. The van der Waals surface area contributed by atoms with Crippen molar-refractivity contribution in [2.75, 3.05) is 29.9 Å². The van der Waals surface area contributed by atoms with E-state index in [9.17, 15) is 9.59 Å². The lowest BCUT2D eigenvalue weighted by atomic mass is 9.73. The van der Waals surface area contributed by atoms with Crippen molar-refractivity contribution in [3.05, 3.63) is 95.4 Å². The number of likely N-dealkylation sites (tertiary alicyclic amines) is 1. The number of benzene rings is 3. The Kier molecular flexibility index (Phi) is 7.52. The van der Waals surface area contributed by atoms with Crippen LogP contribution in [0.3, 0.4) is 0 Å². The predicted octanol–water partition coefficient (Wildman–Crippen LogP) is 7.49. The highest BCUT2D eigenvalue weighted by Crippen LogP contribution is 2.48. The summed E-state index contributed by atoms with van der Waals surface area (Å²) >= 11 is 0. The van der Waals surface area contributed by atoms with E-state index < -0.39 is 11.9 Å². The number of ketones is 1. The predicted molar refractivity (Wildman–Crippen MR) is 163 cm³/mol. The van der Waals surface area contributed by atoms with Crippen LogP contribution >= 0.6 is 0 Å². The molecule has 42 heavy (non-hydrogen) atoms. The molecular formula is C35H38FN3O3. The van der Waals surface area contributed by atoms with Gasteiger partial charge in [0.05, 0.1) is 24.0 Å². The zero-order valence-corrected chi connectivity index (χ0v) is 24.5. The molecule has 2 unspecified atom stereocenters. The SMILES string of the molecule is CC1CCCN(C(=O)CN2c3ccccc3NC3=C(C(=O)CC(C)(C)C3)C2c2ccc(F)c(Oc3ccccc3)c2)C1. The van der Waals surface area contributed by atoms with Crippen molar-refractivity contribution < 1.29 is 18.7 Å². The van der Waals surface area contributed by atoms with E-state index in [-0.39, 0.29) is 29.4 Å². The number of amides is 1. The second kappa shape index (κ2) is 11.3. The summed E-state index contributed by atoms with van der Waals surface area (Å²) in [5.41, 5.74) is 3.63. The fraction of sp³-hybridized carbons (Fsp3) is 0.371. The van der Waals surface area contributed by atoms with Crippen molar-refractivity contribution in [1.29, 1.82) is 0 Å². The minimum Gasteiger partial charge on any atom is -0.454 e. The molecule has 0 radical (unpaired) electrons. The number of nitrogens with zero attached hydrogens (tertiary/aromatic N) is 2. The fourth-order valence-corrected chi connectivity index (χ4v) is 6.62. The van der Waals surface area contributed by atoms with Gasteiger partial charge in [-0.15, -0.1) is 0 Å². The van der Waals surface area contributed by atoms with Crippen LogP contribution in [0.15, 0.2) is 84.1 Å². The lowest BCUT2D eigenvalue weighted by Crippen LogP contribution is -2.46. The van der Waals surface area contributed by atoms with Crippen LogP contribution in [0.1, 0.15) is 58.1 Å². The third-order valence-corrected chi connectivity index (χ3v) is 8.56. The normalized spacial score (nSPS) is 21.7. The van der Waals surface area contributed by atoms with E-state index in [4.69, 9.17) is 4.74 Å². The summed E-state index contributed by atoms with van der Waals surface area (Å²) in [4.78, 5) is 31.9. The molecule has 7 heteroatoms. The van der Waals surface area contributed by atoms with Crippen LogP contribution in [0.2, 0.25) is 0 Å². The first-order valence-corrected chi connectivity index (χ1v) is 14.9. The van der Waals surface area contributed by atoms with E-state index in [1.165, 1.54) is 6.07 Å². The maximum atomic E-state index is 15.1. The number of carbonyl (C=O) groups is 2. The van der Waals surface area contributed by atoms with E-state index in [0.717, 1.165) is 43.0 Å². The molecule has 6 nitrogen and oxygen atoms in total. The summed E-state index contributed by atoms with van der Waals surface area (Å²) in [6.07, 6.45) is 3.16. The molecule has 2 aliphatic heterocycles. The number of Topliss-reactive ketones (excluding diaryl/α,β-unsaturated/α-hetero) is 1. The van der Waals surface area contributed by atoms with Gasteiger partial charge in [-0.25, -0.2) is 4.39 Å².